The van der Waals surface area contributed by atoms with Crippen LogP contribution in [-0.4, -0.2) is 50.8 Å². The molecule has 2 atom stereocenters. The SMILES string of the molecule is C=CC(=O)NC1C2CN(S(=O)(=O)c3ccc(NC(=O)CCc4ccccc4)cc3OC)CC21. The van der Waals surface area contributed by atoms with E-state index in [-0.39, 0.29) is 40.3 Å². The summed E-state index contributed by atoms with van der Waals surface area (Å²) in [5, 5.41) is 5.65. The van der Waals surface area contributed by atoms with Gasteiger partial charge in [-0.1, -0.05) is 36.9 Å². The summed E-state index contributed by atoms with van der Waals surface area (Å²) in [5.74, 6) is -0.0146. The lowest BCUT2D eigenvalue weighted by Gasteiger charge is -2.21. The van der Waals surface area contributed by atoms with Crippen molar-refractivity contribution in [3.8, 4) is 5.75 Å². The van der Waals surface area contributed by atoms with Crippen LogP contribution in [0.15, 0.2) is 66.1 Å². The number of rotatable bonds is 9. The van der Waals surface area contributed by atoms with Crippen molar-refractivity contribution >= 4 is 27.5 Å². The van der Waals surface area contributed by atoms with Crippen molar-refractivity contribution in [1.29, 1.82) is 0 Å². The van der Waals surface area contributed by atoms with Gasteiger partial charge in [0, 0.05) is 37.3 Å². The number of aryl methyl sites for hydroxylation is 1. The van der Waals surface area contributed by atoms with E-state index in [0.717, 1.165) is 5.56 Å². The average Bonchev–Trinajstić information content (AvgIpc) is 3.24. The maximum atomic E-state index is 13.2. The zero-order valence-electron chi connectivity index (χ0n) is 18.4. The quantitative estimate of drug-likeness (QED) is 0.548. The second-order valence-electron chi connectivity index (χ2n) is 8.29. The maximum absolute atomic E-state index is 13.2. The fourth-order valence-corrected chi connectivity index (χ4v) is 6.00. The van der Waals surface area contributed by atoms with Crippen molar-refractivity contribution in [2.24, 2.45) is 11.8 Å². The Balaban J connectivity index is 1.39. The summed E-state index contributed by atoms with van der Waals surface area (Å²) in [6.07, 6.45) is 2.14. The molecule has 9 heteroatoms. The summed E-state index contributed by atoms with van der Waals surface area (Å²) in [5.41, 5.74) is 1.54. The highest BCUT2D eigenvalue weighted by Crippen LogP contribution is 2.47. The summed E-state index contributed by atoms with van der Waals surface area (Å²) >= 11 is 0. The van der Waals surface area contributed by atoms with Gasteiger partial charge in [0.1, 0.15) is 10.6 Å². The molecule has 174 valence electrons. The van der Waals surface area contributed by atoms with Crippen LogP contribution in [0.1, 0.15) is 12.0 Å². The second kappa shape index (κ2) is 9.36. The Hall–Kier alpha value is -3.17. The predicted molar refractivity (Wildman–Crippen MR) is 124 cm³/mol. The number of methoxy groups -OCH3 is 1. The topological polar surface area (TPSA) is 105 Å². The molecular formula is C24H27N3O5S. The molecule has 0 bridgehead atoms. The Bertz CT molecular complexity index is 1150. The molecule has 2 aromatic carbocycles. The van der Waals surface area contributed by atoms with Gasteiger partial charge in [-0.05, 0) is 42.0 Å². The first-order chi connectivity index (χ1) is 15.8. The number of fused-ring (bicyclic) bond motifs is 1. The van der Waals surface area contributed by atoms with Gasteiger partial charge in [0.15, 0.2) is 0 Å². The van der Waals surface area contributed by atoms with E-state index in [1.165, 1.54) is 29.6 Å². The minimum atomic E-state index is -3.77. The molecule has 0 radical (unpaired) electrons. The molecule has 2 unspecified atom stereocenters. The number of nitrogens with one attached hydrogen (secondary N) is 2. The maximum Gasteiger partial charge on any atom is 0.246 e. The number of carbonyl (C=O) groups excluding carboxylic acids is 2. The van der Waals surface area contributed by atoms with Crippen molar-refractivity contribution < 1.29 is 22.7 Å². The van der Waals surface area contributed by atoms with Crippen molar-refractivity contribution in [1.82, 2.24) is 9.62 Å². The third-order valence-corrected chi connectivity index (χ3v) is 8.07. The molecule has 2 N–H and O–H groups in total. The first kappa shape index (κ1) is 23.0. The highest BCUT2D eigenvalue weighted by Gasteiger charge is 2.58. The summed E-state index contributed by atoms with van der Waals surface area (Å²) < 4.78 is 33.2. The molecule has 0 aromatic heterocycles. The van der Waals surface area contributed by atoms with Gasteiger partial charge in [-0.2, -0.15) is 4.31 Å². The van der Waals surface area contributed by atoms with Crippen LogP contribution >= 0.6 is 0 Å². The molecule has 2 aromatic rings. The number of nitrogens with zero attached hydrogens (tertiary/aromatic N) is 1. The van der Waals surface area contributed by atoms with Gasteiger partial charge in [-0.25, -0.2) is 8.42 Å². The molecule has 1 saturated heterocycles. The van der Waals surface area contributed by atoms with Crippen molar-refractivity contribution in [2.45, 2.75) is 23.8 Å². The number of anilines is 1. The van der Waals surface area contributed by atoms with E-state index in [4.69, 9.17) is 4.74 Å². The molecule has 4 rings (SSSR count). The van der Waals surface area contributed by atoms with Crippen LogP contribution in [0.3, 0.4) is 0 Å². The third kappa shape index (κ3) is 4.94. The number of carbonyl (C=O) groups is 2. The zero-order valence-corrected chi connectivity index (χ0v) is 19.2. The van der Waals surface area contributed by atoms with E-state index >= 15 is 0 Å². The van der Waals surface area contributed by atoms with Crippen LogP contribution in [0.2, 0.25) is 0 Å². The minimum absolute atomic E-state index is 0.00248. The lowest BCUT2D eigenvalue weighted by molar-refractivity contribution is -0.117. The number of benzene rings is 2. The van der Waals surface area contributed by atoms with Crippen LogP contribution in [0.4, 0.5) is 5.69 Å². The number of hydrogen-bond acceptors (Lipinski definition) is 5. The Labute approximate surface area is 193 Å². The van der Waals surface area contributed by atoms with Gasteiger partial charge < -0.3 is 15.4 Å². The molecule has 1 saturated carbocycles. The van der Waals surface area contributed by atoms with E-state index in [1.54, 1.807) is 6.07 Å². The van der Waals surface area contributed by atoms with Crippen molar-refractivity contribution in [3.05, 3.63) is 66.7 Å². The molecule has 33 heavy (non-hydrogen) atoms. The molecular weight excluding hydrogens is 442 g/mol. The first-order valence-electron chi connectivity index (χ1n) is 10.8. The number of piperidine rings is 1. The van der Waals surface area contributed by atoms with Gasteiger partial charge >= 0.3 is 0 Å². The van der Waals surface area contributed by atoms with Crippen molar-refractivity contribution in [3.63, 3.8) is 0 Å². The zero-order chi connectivity index (χ0) is 23.6. The average molecular weight is 470 g/mol. The summed E-state index contributed by atoms with van der Waals surface area (Å²) in [6.45, 7) is 4.13. The van der Waals surface area contributed by atoms with E-state index < -0.39 is 10.0 Å². The monoisotopic (exact) mass is 469 g/mol. The van der Waals surface area contributed by atoms with E-state index in [1.807, 2.05) is 30.3 Å². The molecule has 8 nitrogen and oxygen atoms in total. The molecule has 2 fully saturated rings. The third-order valence-electron chi connectivity index (χ3n) is 6.20. The van der Waals surface area contributed by atoms with Gasteiger partial charge in [-0.15, -0.1) is 0 Å². The highest BCUT2D eigenvalue weighted by molar-refractivity contribution is 7.89. The van der Waals surface area contributed by atoms with E-state index in [9.17, 15) is 18.0 Å². The molecule has 1 heterocycles. The fraction of sp³-hybridized carbons (Fsp3) is 0.333. The Morgan fingerprint density at radius 2 is 1.85 bits per heavy atom. The molecule has 2 amide bonds. The predicted octanol–water partition coefficient (Wildman–Crippen LogP) is 2.19. The highest BCUT2D eigenvalue weighted by atomic mass is 32.2. The minimum Gasteiger partial charge on any atom is -0.495 e. The molecule has 1 aliphatic heterocycles. The van der Waals surface area contributed by atoms with Gasteiger partial charge in [-0.3, -0.25) is 9.59 Å². The second-order valence-corrected chi connectivity index (χ2v) is 10.2. The molecule has 1 aliphatic carbocycles. The van der Waals surface area contributed by atoms with Crippen LogP contribution in [0.5, 0.6) is 5.75 Å². The van der Waals surface area contributed by atoms with Crippen molar-refractivity contribution in [2.75, 3.05) is 25.5 Å². The summed E-state index contributed by atoms with van der Waals surface area (Å²) in [6, 6.07) is 14.3. The Morgan fingerprint density at radius 1 is 1.15 bits per heavy atom. The van der Waals surface area contributed by atoms with Gasteiger partial charge in [0.2, 0.25) is 21.8 Å². The van der Waals surface area contributed by atoms with Crippen LogP contribution in [-0.2, 0) is 26.0 Å². The lowest BCUT2D eigenvalue weighted by Crippen LogP contribution is -2.37. The largest absolute Gasteiger partial charge is 0.495 e. The lowest BCUT2D eigenvalue weighted by atomic mass is 10.1. The molecule has 2 aliphatic rings. The number of ether oxygens (including phenoxy) is 1. The number of sulfonamides is 1. The number of hydrogen-bond donors (Lipinski definition) is 2. The van der Waals surface area contributed by atoms with Gasteiger partial charge in [0.25, 0.3) is 0 Å². The van der Waals surface area contributed by atoms with Crippen LogP contribution < -0.4 is 15.4 Å². The van der Waals surface area contributed by atoms with Gasteiger partial charge in [0.05, 0.1) is 7.11 Å². The Kier molecular flexibility index (Phi) is 6.53. The summed E-state index contributed by atoms with van der Waals surface area (Å²) in [7, 11) is -2.37. The Morgan fingerprint density at radius 3 is 2.48 bits per heavy atom. The van der Waals surface area contributed by atoms with Crippen LogP contribution in [0.25, 0.3) is 0 Å². The standard InChI is InChI=1S/C24H27N3O5S/c1-3-22(28)26-24-18-14-27(15-19(18)24)33(30,31)21-11-10-17(13-20(21)32-2)25-23(29)12-9-16-7-5-4-6-8-16/h3-8,10-11,13,18-19,24H,1,9,12,14-15H2,2H3,(H,25,29)(H,26,28). The number of amides is 2. The first-order valence-corrected chi connectivity index (χ1v) is 12.2. The molecule has 0 spiro atoms. The fourth-order valence-electron chi connectivity index (χ4n) is 4.34. The normalized spacial score (nSPS) is 21.7. The van der Waals surface area contributed by atoms with E-state index in [0.29, 0.717) is 31.6 Å². The van der Waals surface area contributed by atoms with Crippen LogP contribution in [0, 0.1) is 11.8 Å². The summed E-state index contributed by atoms with van der Waals surface area (Å²) in [4.78, 5) is 23.9. The smallest absolute Gasteiger partial charge is 0.246 e. The van der Waals surface area contributed by atoms with E-state index in [2.05, 4.69) is 17.2 Å².